The summed E-state index contributed by atoms with van der Waals surface area (Å²) >= 11 is 0. The average molecular weight is 459 g/mol. The standard InChI is InChI=1S/C20H30O.C10H20O2/c1-16(8-6-9-17(2)13-15-21)11-12-19-18(3)10-7-14-20(19,4)5;1-2-3-4-5-6-7-8-9-10(11)12/h6,8-9,11-13,21H,7,10,14-15H2,1-5H3;2-9H2,1H3,(H,11,12). The van der Waals surface area contributed by atoms with Gasteiger partial charge in [0.1, 0.15) is 0 Å². The largest absolute Gasteiger partial charge is 0.481 e. The Kier molecular flexibility index (Phi) is 17.5. The third-order valence-corrected chi connectivity index (χ3v) is 6.18. The number of carboxylic acids is 1. The normalized spacial score (nSPS) is 16.9. The van der Waals surface area contributed by atoms with Gasteiger partial charge in [0.2, 0.25) is 0 Å². The highest BCUT2D eigenvalue weighted by atomic mass is 16.4. The molecule has 33 heavy (non-hydrogen) atoms. The Morgan fingerprint density at radius 3 is 2.21 bits per heavy atom. The molecule has 0 aliphatic heterocycles. The second-order valence-corrected chi connectivity index (χ2v) is 9.93. The molecule has 1 aliphatic carbocycles. The first-order valence-corrected chi connectivity index (χ1v) is 12.9. The summed E-state index contributed by atoms with van der Waals surface area (Å²) < 4.78 is 0. The Morgan fingerprint density at radius 2 is 1.64 bits per heavy atom. The quantitative estimate of drug-likeness (QED) is 0.214. The molecule has 0 amide bonds. The molecule has 0 bridgehead atoms. The molecule has 0 spiro atoms. The summed E-state index contributed by atoms with van der Waals surface area (Å²) in [6.07, 6.45) is 24.9. The summed E-state index contributed by atoms with van der Waals surface area (Å²) in [7, 11) is 0. The van der Waals surface area contributed by atoms with Crippen molar-refractivity contribution in [1.29, 1.82) is 0 Å². The molecule has 0 saturated heterocycles. The van der Waals surface area contributed by atoms with Crippen molar-refractivity contribution < 1.29 is 15.0 Å². The van der Waals surface area contributed by atoms with Gasteiger partial charge < -0.3 is 10.2 Å². The van der Waals surface area contributed by atoms with Crippen molar-refractivity contribution in [2.75, 3.05) is 6.61 Å². The number of rotatable bonds is 13. The van der Waals surface area contributed by atoms with Crippen molar-refractivity contribution in [3.8, 4) is 0 Å². The van der Waals surface area contributed by atoms with Crippen LogP contribution in [-0.4, -0.2) is 22.8 Å². The zero-order valence-electron chi connectivity index (χ0n) is 22.3. The molecular formula is C30H50O3. The maximum atomic E-state index is 10.1. The zero-order valence-corrected chi connectivity index (χ0v) is 22.3. The molecule has 2 N–H and O–H groups in total. The zero-order chi connectivity index (χ0) is 25.1. The molecule has 0 aromatic rings. The van der Waals surface area contributed by atoms with Gasteiger partial charge in [-0.05, 0) is 57.4 Å². The van der Waals surface area contributed by atoms with Crippen LogP contribution in [0.25, 0.3) is 0 Å². The summed E-state index contributed by atoms with van der Waals surface area (Å²) in [4.78, 5) is 10.1. The van der Waals surface area contributed by atoms with Gasteiger partial charge in [-0.2, -0.15) is 0 Å². The summed E-state index contributed by atoms with van der Waals surface area (Å²) in [6, 6.07) is 0. The minimum atomic E-state index is -0.663. The number of aliphatic hydroxyl groups is 1. The predicted octanol–water partition coefficient (Wildman–Crippen LogP) is 8.72. The van der Waals surface area contributed by atoms with Crippen LogP contribution in [0.1, 0.15) is 112 Å². The van der Waals surface area contributed by atoms with E-state index in [9.17, 15) is 4.79 Å². The van der Waals surface area contributed by atoms with Gasteiger partial charge in [-0.1, -0.05) is 112 Å². The van der Waals surface area contributed by atoms with Gasteiger partial charge in [-0.15, -0.1) is 0 Å². The fourth-order valence-electron chi connectivity index (χ4n) is 4.08. The minimum absolute atomic E-state index is 0.0985. The van der Waals surface area contributed by atoms with Crippen molar-refractivity contribution in [2.24, 2.45) is 5.41 Å². The van der Waals surface area contributed by atoms with E-state index in [0.717, 1.165) is 18.4 Å². The summed E-state index contributed by atoms with van der Waals surface area (Å²) in [5.74, 6) is -0.663. The SMILES string of the molecule is CC(C=CC1=C(C)CCCC1(C)C)=CC=CC(C)=CCO.CCCCCCCCCC(=O)O. The van der Waals surface area contributed by atoms with E-state index in [1.54, 1.807) is 6.08 Å². The lowest BCUT2D eigenvalue weighted by Gasteiger charge is -2.32. The Balaban J connectivity index is 0.000000728. The molecule has 0 fully saturated rings. The van der Waals surface area contributed by atoms with E-state index in [1.165, 1.54) is 68.1 Å². The van der Waals surface area contributed by atoms with Crippen LogP contribution < -0.4 is 0 Å². The molecule has 0 atom stereocenters. The number of aliphatic carboxylic acids is 1. The number of hydrogen-bond donors (Lipinski definition) is 2. The minimum Gasteiger partial charge on any atom is -0.481 e. The van der Waals surface area contributed by atoms with Crippen molar-refractivity contribution in [3.63, 3.8) is 0 Å². The van der Waals surface area contributed by atoms with Crippen LogP contribution in [0.5, 0.6) is 0 Å². The highest BCUT2D eigenvalue weighted by molar-refractivity contribution is 5.66. The number of aliphatic hydroxyl groups excluding tert-OH is 1. The number of hydrogen-bond acceptors (Lipinski definition) is 2. The molecule has 3 nitrogen and oxygen atoms in total. The predicted molar refractivity (Wildman–Crippen MR) is 143 cm³/mol. The van der Waals surface area contributed by atoms with Crippen LogP contribution in [0.3, 0.4) is 0 Å². The third-order valence-electron chi connectivity index (χ3n) is 6.18. The fourth-order valence-corrected chi connectivity index (χ4v) is 4.08. The molecule has 1 aliphatic rings. The fraction of sp³-hybridized carbons (Fsp3) is 0.633. The Hall–Kier alpha value is -1.87. The molecule has 0 aromatic carbocycles. The number of carbonyl (C=O) groups is 1. The smallest absolute Gasteiger partial charge is 0.303 e. The maximum Gasteiger partial charge on any atom is 0.303 e. The molecule has 0 radical (unpaired) electrons. The second-order valence-electron chi connectivity index (χ2n) is 9.93. The van der Waals surface area contributed by atoms with Crippen LogP contribution in [0.15, 0.2) is 58.7 Å². The van der Waals surface area contributed by atoms with E-state index < -0.39 is 5.97 Å². The van der Waals surface area contributed by atoms with Crippen LogP contribution in [0.4, 0.5) is 0 Å². The van der Waals surface area contributed by atoms with E-state index in [-0.39, 0.29) is 6.61 Å². The number of unbranched alkanes of at least 4 members (excludes halogenated alkanes) is 6. The lowest BCUT2D eigenvalue weighted by atomic mass is 9.72. The highest BCUT2D eigenvalue weighted by Gasteiger charge is 2.26. The van der Waals surface area contributed by atoms with Gasteiger partial charge in [0.25, 0.3) is 0 Å². The lowest BCUT2D eigenvalue weighted by molar-refractivity contribution is -0.137. The van der Waals surface area contributed by atoms with Crippen LogP contribution >= 0.6 is 0 Å². The van der Waals surface area contributed by atoms with E-state index in [1.807, 2.05) is 19.1 Å². The molecule has 0 unspecified atom stereocenters. The first kappa shape index (κ1) is 31.1. The molecule has 0 aromatic heterocycles. The monoisotopic (exact) mass is 458 g/mol. The van der Waals surface area contributed by atoms with E-state index in [2.05, 4.69) is 52.8 Å². The average Bonchev–Trinajstić information content (AvgIpc) is 2.73. The first-order valence-electron chi connectivity index (χ1n) is 12.9. The van der Waals surface area contributed by atoms with Crippen LogP contribution in [-0.2, 0) is 4.79 Å². The number of allylic oxidation sites excluding steroid dienone is 9. The van der Waals surface area contributed by atoms with E-state index in [0.29, 0.717) is 11.8 Å². The first-order chi connectivity index (χ1) is 15.6. The molecular weight excluding hydrogens is 408 g/mol. The topological polar surface area (TPSA) is 57.5 Å². The van der Waals surface area contributed by atoms with Gasteiger partial charge in [0, 0.05) is 6.42 Å². The van der Waals surface area contributed by atoms with E-state index >= 15 is 0 Å². The molecule has 0 heterocycles. The Bertz CT molecular complexity index is 702. The molecule has 1 rings (SSSR count). The van der Waals surface area contributed by atoms with Gasteiger partial charge in [-0.3, -0.25) is 4.79 Å². The summed E-state index contributed by atoms with van der Waals surface area (Å²) in [5, 5.41) is 17.2. The van der Waals surface area contributed by atoms with Gasteiger partial charge in [-0.25, -0.2) is 0 Å². The Labute approximate surface area is 204 Å². The molecule has 0 saturated carbocycles. The number of carboxylic acid groups (broad SMARTS) is 1. The van der Waals surface area contributed by atoms with Crippen molar-refractivity contribution >= 4 is 5.97 Å². The van der Waals surface area contributed by atoms with Crippen molar-refractivity contribution in [3.05, 3.63) is 58.7 Å². The van der Waals surface area contributed by atoms with Gasteiger partial charge in [0.15, 0.2) is 0 Å². The highest BCUT2D eigenvalue weighted by Crippen LogP contribution is 2.40. The molecule has 3 heteroatoms. The summed E-state index contributed by atoms with van der Waals surface area (Å²) in [5.41, 5.74) is 5.66. The lowest BCUT2D eigenvalue weighted by Crippen LogP contribution is -2.19. The second kappa shape index (κ2) is 18.5. The third kappa shape index (κ3) is 16.4. The van der Waals surface area contributed by atoms with Crippen LogP contribution in [0.2, 0.25) is 0 Å². The van der Waals surface area contributed by atoms with Crippen LogP contribution in [0, 0.1) is 5.41 Å². The summed E-state index contributed by atoms with van der Waals surface area (Å²) in [6.45, 7) is 13.4. The maximum absolute atomic E-state index is 10.1. The van der Waals surface area contributed by atoms with Crippen molar-refractivity contribution in [1.82, 2.24) is 0 Å². The molecule has 188 valence electrons. The Morgan fingerprint density at radius 1 is 1.00 bits per heavy atom. The van der Waals surface area contributed by atoms with Gasteiger partial charge in [0.05, 0.1) is 6.61 Å². The van der Waals surface area contributed by atoms with Gasteiger partial charge >= 0.3 is 5.97 Å². The van der Waals surface area contributed by atoms with Crippen molar-refractivity contribution in [2.45, 2.75) is 112 Å². The van der Waals surface area contributed by atoms with E-state index in [4.69, 9.17) is 10.2 Å².